The fraction of sp³-hybridized carbons (Fsp3) is 0.333. The molecule has 216 valence electrons. The molecule has 9 heteroatoms. The van der Waals surface area contributed by atoms with E-state index in [0.717, 1.165) is 6.07 Å². The van der Waals surface area contributed by atoms with Gasteiger partial charge in [-0.25, -0.2) is 4.39 Å². The summed E-state index contributed by atoms with van der Waals surface area (Å²) in [5.41, 5.74) is 2.79. The highest BCUT2D eigenvalue weighted by Gasteiger charge is 2.42. The maximum Gasteiger partial charge on any atom is 0.258 e. The van der Waals surface area contributed by atoms with Crippen LogP contribution in [-0.2, 0) is 16.1 Å². The highest BCUT2D eigenvalue weighted by Crippen LogP contribution is 2.35. The summed E-state index contributed by atoms with van der Waals surface area (Å²) in [7, 11) is 0. The van der Waals surface area contributed by atoms with Crippen LogP contribution in [0.4, 0.5) is 4.39 Å². The Kier molecular flexibility index (Phi) is 7.36. The van der Waals surface area contributed by atoms with E-state index in [0.29, 0.717) is 18.7 Å². The van der Waals surface area contributed by atoms with Crippen molar-refractivity contribution in [2.24, 2.45) is 0 Å². The second-order valence-electron chi connectivity index (χ2n) is 11.5. The van der Waals surface area contributed by atoms with Crippen molar-refractivity contribution in [3.63, 3.8) is 0 Å². The summed E-state index contributed by atoms with van der Waals surface area (Å²) in [6.45, 7) is 5.14. The number of piperazine rings is 1. The van der Waals surface area contributed by atoms with E-state index < -0.39 is 23.7 Å². The van der Waals surface area contributed by atoms with Crippen molar-refractivity contribution >= 4 is 23.6 Å². The lowest BCUT2D eigenvalue weighted by Gasteiger charge is -2.48. The van der Waals surface area contributed by atoms with Gasteiger partial charge in [0.15, 0.2) is 0 Å². The lowest BCUT2D eigenvalue weighted by molar-refractivity contribution is -0.136. The van der Waals surface area contributed by atoms with E-state index in [1.165, 1.54) is 16.0 Å². The third-order valence-electron chi connectivity index (χ3n) is 8.62. The molecule has 0 saturated carbocycles. The molecule has 3 unspecified atom stereocenters. The van der Waals surface area contributed by atoms with Gasteiger partial charge in [-0.15, -0.1) is 0 Å². The van der Waals surface area contributed by atoms with Gasteiger partial charge in [0.1, 0.15) is 11.9 Å². The van der Waals surface area contributed by atoms with Crippen LogP contribution in [0, 0.1) is 5.82 Å². The zero-order valence-electron chi connectivity index (χ0n) is 23.6. The zero-order chi connectivity index (χ0) is 29.5. The number of carbonyl (C=O) groups excluding carboxylic acids is 4. The van der Waals surface area contributed by atoms with Crippen molar-refractivity contribution < 1.29 is 23.6 Å². The normalized spacial score (nSPS) is 22.9. The number of benzene rings is 3. The summed E-state index contributed by atoms with van der Waals surface area (Å²) in [5.74, 6) is -2.61. The summed E-state index contributed by atoms with van der Waals surface area (Å²) in [4.78, 5) is 56.3. The molecule has 2 saturated heterocycles. The van der Waals surface area contributed by atoms with Gasteiger partial charge in [-0.1, -0.05) is 60.7 Å². The number of rotatable bonds is 5. The number of hydrogen-bond donors (Lipinski definition) is 1. The van der Waals surface area contributed by atoms with Crippen LogP contribution in [0.1, 0.15) is 70.1 Å². The molecule has 3 aliphatic rings. The van der Waals surface area contributed by atoms with Crippen LogP contribution in [0.25, 0.3) is 0 Å². The molecule has 0 aliphatic carbocycles. The molecule has 1 N–H and O–H groups in total. The summed E-state index contributed by atoms with van der Waals surface area (Å²) in [5, 5.41) is 2.25. The highest BCUT2D eigenvalue weighted by molar-refractivity contribution is 6.06. The molecule has 42 heavy (non-hydrogen) atoms. The fourth-order valence-electron chi connectivity index (χ4n) is 6.78. The van der Waals surface area contributed by atoms with E-state index in [1.807, 2.05) is 36.4 Å². The summed E-state index contributed by atoms with van der Waals surface area (Å²) in [6.07, 6.45) is 0.297. The number of nitrogens with one attached hydrogen (secondary N) is 1. The van der Waals surface area contributed by atoms with E-state index in [1.54, 1.807) is 11.0 Å². The standard InChI is InChI=1S/C33H33FN4O4/c1-20-17-36(18-21(2)38(20)30(22-9-5-3-6-10-22)23-11-7-4-8-12-23)32(41)24-15-25-19-37(33(42)29(25)26(34)16-24)27-13-14-28(39)35-31(27)40/h3-12,15-16,20-21,27,30H,13-14,17-19H2,1-2H3,(H,35,39,40). The Hall–Kier alpha value is -4.37. The molecular formula is C33H33FN4O4. The minimum Gasteiger partial charge on any atom is -0.336 e. The van der Waals surface area contributed by atoms with E-state index in [4.69, 9.17) is 0 Å². The minimum absolute atomic E-state index is 0.00646. The van der Waals surface area contributed by atoms with E-state index >= 15 is 4.39 Å². The number of amides is 4. The van der Waals surface area contributed by atoms with Gasteiger partial charge in [0, 0.05) is 43.7 Å². The van der Waals surface area contributed by atoms with Crippen molar-refractivity contribution in [2.45, 2.75) is 57.4 Å². The zero-order valence-corrected chi connectivity index (χ0v) is 23.6. The Morgan fingerprint density at radius 2 is 1.50 bits per heavy atom. The second kappa shape index (κ2) is 11.1. The molecule has 3 aliphatic heterocycles. The number of hydrogen-bond acceptors (Lipinski definition) is 5. The Bertz CT molecular complexity index is 1490. The van der Waals surface area contributed by atoms with Gasteiger partial charge in [0.2, 0.25) is 11.8 Å². The lowest BCUT2D eigenvalue weighted by atomic mass is 9.92. The van der Waals surface area contributed by atoms with Gasteiger partial charge < -0.3 is 9.80 Å². The SMILES string of the molecule is CC1CN(C(=O)c2cc(F)c3c(c2)CN(C2CCC(=O)NC2=O)C3=O)CC(C)N1C(c1ccccc1)c1ccccc1. The molecule has 0 spiro atoms. The third kappa shape index (κ3) is 4.98. The Balaban J connectivity index is 1.23. The number of halogens is 1. The first kappa shape index (κ1) is 27.8. The molecule has 0 radical (unpaired) electrons. The maximum absolute atomic E-state index is 15.3. The molecule has 2 fully saturated rings. The van der Waals surface area contributed by atoms with E-state index in [2.05, 4.69) is 48.3 Å². The first-order valence-corrected chi connectivity index (χ1v) is 14.4. The number of carbonyl (C=O) groups is 4. The monoisotopic (exact) mass is 568 g/mol. The summed E-state index contributed by atoms with van der Waals surface area (Å²) >= 11 is 0. The van der Waals surface area contributed by atoms with Crippen LogP contribution in [0.2, 0.25) is 0 Å². The van der Waals surface area contributed by atoms with Crippen molar-refractivity contribution in [1.29, 1.82) is 0 Å². The number of imide groups is 1. The molecule has 3 atom stereocenters. The topological polar surface area (TPSA) is 90.0 Å². The molecule has 3 heterocycles. The fourth-order valence-corrected chi connectivity index (χ4v) is 6.78. The quantitative estimate of drug-likeness (QED) is 0.472. The molecule has 0 bridgehead atoms. The van der Waals surface area contributed by atoms with Gasteiger partial charge in [0.05, 0.1) is 11.6 Å². The highest BCUT2D eigenvalue weighted by atomic mass is 19.1. The molecule has 4 amide bonds. The summed E-state index contributed by atoms with van der Waals surface area (Å²) in [6, 6.07) is 22.5. The van der Waals surface area contributed by atoms with Crippen LogP contribution < -0.4 is 5.32 Å². The van der Waals surface area contributed by atoms with Crippen LogP contribution in [0.15, 0.2) is 72.8 Å². The Labute approximate surface area is 244 Å². The van der Waals surface area contributed by atoms with E-state index in [9.17, 15) is 19.2 Å². The van der Waals surface area contributed by atoms with Crippen LogP contribution in [0.5, 0.6) is 0 Å². The van der Waals surface area contributed by atoms with E-state index in [-0.39, 0.29) is 60.5 Å². The first-order valence-electron chi connectivity index (χ1n) is 14.4. The van der Waals surface area contributed by atoms with Gasteiger partial charge in [-0.3, -0.25) is 29.4 Å². The average Bonchev–Trinajstić information content (AvgIpc) is 3.31. The second-order valence-corrected chi connectivity index (χ2v) is 11.5. The Morgan fingerprint density at radius 1 is 0.905 bits per heavy atom. The molecule has 3 aromatic carbocycles. The van der Waals surface area contributed by atoms with Gasteiger partial charge >= 0.3 is 0 Å². The van der Waals surface area contributed by atoms with Gasteiger partial charge in [0.25, 0.3) is 11.8 Å². The maximum atomic E-state index is 15.3. The predicted molar refractivity (Wildman–Crippen MR) is 154 cm³/mol. The smallest absolute Gasteiger partial charge is 0.258 e. The van der Waals surface area contributed by atoms with Crippen LogP contribution in [0.3, 0.4) is 0 Å². The molecule has 6 rings (SSSR count). The predicted octanol–water partition coefficient (Wildman–Crippen LogP) is 3.91. The molecule has 3 aromatic rings. The largest absolute Gasteiger partial charge is 0.336 e. The minimum atomic E-state index is -0.849. The van der Waals surface area contributed by atoms with Crippen molar-refractivity contribution in [3.05, 3.63) is 106 Å². The van der Waals surface area contributed by atoms with Crippen molar-refractivity contribution in [2.75, 3.05) is 13.1 Å². The third-order valence-corrected chi connectivity index (χ3v) is 8.62. The number of fused-ring (bicyclic) bond motifs is 1. The van der Waals surface area contributed by atoms with Gasteiger partial charge in [-0.05, 0) is 49.1 Å². The van der Waals surface area contributed by atoms with Gasteiger partial charge in [-0.2, -0.15) is 0 Å². The first-order chi connectivity index (χ1) is 20.2. The van der Waals surface area contributed by atoms with Crippen molar-refractivity contribution in [1.82, 2.24) is 20.0 Å². The molecule has 0 aromatic heterocycles. The molecular weight excluding hydrogens is 535 g/mol. The Morgan fingerprint density at radius 3 is 2.07 bits per heavy atom. The van der Waals surface area contributed by atoms with Crippen molar-refractivity contribution in [3.8, 4) is 0 Å². The average molecular weight is 569 g/mol. The van der Waals surface area contributed by atoms with Crippen LogP contribution >= 0.6 is 0 Å². The lowest BCUT2D eigenvalue weighted by Crippen LogP contribution is -2.59. The summed E-state index contributed by atoms with van der Waals surface area (Å²) < 4.78 is 15.3. The number of piperidine rings is 1. The molecule has 8 nitrogen and oxygen atoms in total. The van der Waals surface area contributed by atoms with Crippen LogP contribution in [-0.4, -0.2) is 69.5 Å². The number of nitrogens with zero attached hydrogens (tertiary/aromatic N) is 3.